The van der Waals surface area contributed by atoms with Crippen molar-refractivity contribution >= 4 is 17.5 Å². The summed E-state index contributed by atoms with van der Waals surface area (Å²) in [5.41, 5.74) is -0.0279. The molecule has 1 heterocycles. The summed E-state index contributed by atoms with van der Waals surface area (Å²) in [6.07, 6.45) is 1.57. The van der Waals surface area contributed by atoms with Crippen LogP contribution < -0.4 is 4.90 Å². The summed E-state index contributed by atoms with van der Waals surface area (Å²) in [6.45, 7) is 0.390. The van der Waals surface area contributed by atoms with Gasteiger partial charge in [-0.05, 0) is 0 Å². The Balaban J connectivity index is 2.68. The van der Waals surface area contributed by atoms with Crippen molar-refractivity contribution in [2.45, 2.75) is 6.42 Å². The zero-order valence-electron chi connectivity index (χ0n) is 9.62. The second-order valence-corrected chi connectivity index (χ2v) is 3.38. The minimum atomic E-state index is -0.487. The fourth-order valence-corrected chi connectivity index (χ4v) is 1.21. The van der Waals surface area contributed by atoms with E-state index in [2.05, 4.69) is 9.72 Å². The monoisotopic (exact) mass is 239 g/mol. The summed E-state index contributed by atoms with van der Waals surface area (Å²) in [5, 5.41) is 10.6. The summed E-state index contributed by atoms with van der Waals surface area (Å²) < 4.78 is 4.50. The normalized spacial score (nSPS) is 9.76. The van der Waals surface area contributed by atoms with E-state index >= 15 is 0 Å². The number of carbonyl (C=O) groups is 1. The number of carbonyl (C=O) groups excluding carboxylic acids is 1. The predicted molar refractivity (Wildman–Crippen MR) is 60.8 cm³/mol. The second-order valence-electron chi connectivity index (χ2n) is 3.38. The standard InChI is InChI=1S/C10H13N3O4/c1-12(6-4-10(14)17-2)9-7-8(13(15)16)3-5-11-9/h3,5,7H,4,6H2,1-2H3. The third-order valence-electron chi connectivity index (χ3n) is 2.21. The number of hydrogen-bond donors (Lipinski definition) is 0. The van der Waals surface area contributed by atoms with Crippen LogP contribution in [-0.4, -0.2) is 36.6 Å². The molecule has 0 aliphatic carbocycles. The van der Waals surface area contributed by atoms with Crippen LogP contribution in [0.3, 0.4) is 0 Å². The Morgan fingerprint density at radius 2 is 2.35 bits per heavy atom. The maximum Gasteiger partial charge on any atom is 0.307 e. The summed E-state index contributed by atoms with van der Waals surface area (Å²) in [4.78, 5) is 26.7. The highest BCUT2D eigenvalue weighted by Gasteiger charge is 2.11. The average molecular weight is 239 g/mol. The van der Waals surface area contributed by atoms with Crippen molar-refractivity contribution in [1.82, 2.24) is 4.98 Å². The van der Waals surface area contributed by atoms with Crippen LogP contribution in [0, 0.1) is 10.1 Å². The van der Waals surface area contributed by atoms with Crippen molar-refractivity contribution < 1.29 is 14.5 Å². The lowest BCUT2D eigenvalue weighted by atomic mass is 10.3. The zero-order valence-corrected chi connectivity index (χ0v) is 9.62. The Morgan fingerprint density at radius 3 is 2.94 bits per heavy atom. The summed E-state index contributed by atoms with van der Waals surface area (Å²) in [6, 6.07) is 2.68. The molecule has 0 N–H and O–H groups in total. The predicted octanol–water partition coefficient (Wildman–Crippen LogP) is 0.989. The Hall–Kier alpha value is -2.18. The molecular weight excluding hydrogens is 226 g/mol. The van der Waals surface area contributed by atoms with Crippen LogP contribution in [0.2, 0.25) is 0 Å². The highest BCUT2D eigenvalue weighted by molar-refractivity contribution is 5.69. The third kappa shape index (κ3) is 3.71. The molecule has 0 radical (unpaired) electrons. The first kappa shape index (κ1) is 12.9. The third-order valence-corrected chi connectivity index (χ3v) is 2.21. The van der Waals surface area contributed by atoms with Crippen LogP contribution in [0.1, 0.15) is 6.42 Å². The van der Waals surface area contributed by atoms with Crippen molar-refractivity contribution in [3.05, 3.63) is 28.4 Å². The summed E-state index contributed by atoms with van der Waals surface area (Å²) >= 11 is 0. The van der Waals surface area contributed by atoms with E-state index in [-0.39, 0.29) is 18.1 Å². The Kier molecular flexibility index (Phi) is 4.38. The van der Waals surface area contributed by atoms with Gasteiger partial charge in [0.25, 0.3) is 5.69 Å². The first-order valence-electron chi connectivity index (χ1n) is 4.93. The molecule has 1 rings (SSSR count). The lowest BCUT2D eigenvalue weighted by Gasteiger charge is -2.16. The first-order chi connectivity index (χ1) is 8.04. The van der Waals surface area contributed by atoms with E-state index in [9.17, 15) is 14.9 Å². The van der Waals surface area contributed by atoms with Crippen LogP contribution in [-0.2, 0) is 9.53 Å². The van der Waals surface area contributed by atoms with Gasteiger partial charge in [-0.2, -0.15) is 0 Å². The quantitative estimate of drug-likeness (QED) is 0.432. The Labute approximate surface area is 98.2 Å². The van der Waals surface area contributed by atoms with Gasteiger partial charge in [-0.15, -0.1) is 0 Å². The minimum Gasteiger partial charge on any atom is -0.469 e. The maximum atomic E-state index is 10.9. The number of nitro groups is 1. The minimum absolute atomic E-state index is 0.0279. The fourth-order valence-electron chi connectivity index (χ4n) is 1.21. The molecule has 0 saturated carbocycles. The lowest BCUT2D eigenvalue weighted by Crippen LogP contribution is -2.22. The summed E-state index contributed by atoms with van der Waals surface area (Å²) in [7, 11) is 3.02. The smallest absolute Gasteiger partial charge is 0.307 e. The van der Waals surface area contributed by atoms with E-state index in [0.29, 0.717) is 12.4 Å². The largest absolute Gasteiger partial charge is 0.469 e. The topological polar surface area (TPSA) is 85.6 Å². The fraction of sp³-hybridized carbons (Fsp3) is 0.400. The first-order valence-corrected chi connectivity index (χ1v) is 4.93. The average Bonchev–Trinajstić information content (AvgIpc) is 2.35. The van der Waals surface area contributed by atoms with Crippen molar-refractivity contribution in [3.8, 4) is 0 Å². The van der Waals surface area contributed by atoms with Gasteiger partial charge < -0.3 is 9.64 Å². The lowest BCUT2D eigenvalue weighted by molar-refractivity contribution is -0.384. The molecule has 17 heavy (non-hydrogen) atoms. The number of pyridine rings is 1. The molecule has 1 aromatic heterocycles. The number of hydrogen-bond acceptors (Lipinski definition) is 6. The molecule has 0 saturated heterocycles. The molecule has 7 heteroatoms. The Bertz CT molecular complexity index is 422. The van der Waals surface area contributed by atoms with E-state index in [1.165, 1.54) is 25.4 Å². The van der Waals surface area contributed by atoms with Crippen LogP contribution in [0.25, 0.3) is 0 Å². The van der Waals surface area contributed by atoms with E-state index in [4.69, 9.17) is 0 Å². The van der Waals surface area contributed by atoms with Crippen molar-refractivity contribution in [1.29, 1.82) is 0 Å². The van der Waals surface area contributed by atoms with Crippen LogP contribution in [0.15, 0.2) is 18.3 Å². The molecule has 0 aliphatic heterocycles. The van der Waals surface area contributed by atoms with Gasteiger partial charge in [0.2, 0.25) is 0 Å². The van der Waals surface area contributed by atoms with E-state index < -0.39 is 4.92 Å². The maximum absolute atomic E-state index is 10.9. The van der Waals surface area contributed by atoms with Crippen LogP contribution >= 0.6 is 0 Å². The molecule has 0 unspecified atom stereocenters. The van der Waals surface area contributed by atoms with Crippen molar-refractivity contribution in [2.75, 3.05) is 25.6 Å². The van der Waals surface area contributed by atoms with E-state index in [1.54, 1.807) is 11.9 Å². The molecule has 0 amide bonds. The molecule has 0 bridgehead atoms. The number of anilines is 1. The highest BCUT2D eigenvalue weighted by atomic mass is 16.6. The van der Waals surface area contributed by atoms with Crippen molar-refractivity contribution in [2.24, 2.45) is 0 Å². The molecule has 0 fully saturated rings. The van der Waals surface area contributed by atoms with Gasteiger partial charge >= 0.3 is 5.97 Å². The van der Waals surface area contributed by atoms with Crippen molar-refractivity contribution in [3.63, 3.8) is 0 Å². The highest BCUT2D eigenvalue weighted by Crippen LogP contribution is 2.17. The summed E-state index contributed by atoms with van der Waals surface area (Å²) in [5.74, 6) is 0.116. The van der Waals surface area contributed by atoms with Gasteiger partial charge in [0.05, 0.1) is 24.5 Å². The molecule has 7 nitrogen and oxygen atoms in total. The van der Waals surface area contributed by atoms with Gasteiger partial charge in [-0.1, -0.05) is 0 Å². The molecule has 1 aromatic rings. The van der Waals surface area contributed by atoms with E-state index in [0.717, 1.165) is 0 Å². The Morgan fingerprint density at radius 1 is 1.65 bits per heavy atom. The molecule has 0 aliphatic rings. The molecular formula is C10H13N3O4. The van der Waals surface area contributed by atoms with Crippen LogP contribution in [0.4, 0.5) is 11.5 Å². The SMILES string of the molecule is COC(=O)CCN(C)c1cc([N+](=O)[O-])ccn1. The van der Waals surface area contributed by atoms with Crippen LogP contribution in [0.5, 0.6) is 0 Å². The zero-order chi connectivity index (χ0) is 12.8. The molecule has 0 atom stereocenters. The number of esters is 1. The molecule has 0 spiro atoms. The number of nitrogens with zero attached hydrogens (tertiary/aromatic N) is 3. The van der Waals surface area contributed by atoms with Gasteiger partial charge in [0.15, 0.2) is 0 Å². The van der Waals surface area contributed by atoms with Gasteiger partial charge in [0.1, 0.15) is 5.82 Å². The second kappa shape index (κ2) is 5.78. The molecule has 92 valence electrons. The van der Waals surface area contributed by atoms with Gasteiger partial charge in [-0.25, -0.2) is 4.98 Å². The van der Waals surface area contributed by atoms with E-state index in [1.807, 2.05) is 0 Å². The number of aromatic nitrogens is 1. The number of ether oxygens (including phenoxy) is 1. The van der Waals surface area contributed by atoms with Gasteiger partial charge in [-0.3, -0.25) is 14.9 Å². The molecule has 0 aromatic carbocycles. The number of rotatable bonds is 5. The number of methoxy groups -OCH3 is 1. The van der Waals surface area contributed by atoms with Gasteiger partial charge in [0, 0.05) is 25.9 Å².